The Kier molecular flexibility index (Phi) is 7.01. The number of rotatable bonds is 7. The summed E-state index contributed by atoms with van der Waals surface area (Å²) >= 11 is 6.08. The van der Waals surface area contributed by atoms with Gasteiger partial charge in [0.1, 0.15) is 5.82 Å². The van der Waals surface area contributed by atoms with E-state index in [1.807, 2.05) is 50.2 Å². The first-order valence-electron chi connectivity index (χ1n) is 11.0. The molecule has 4 aromatic rings. The second kappa shape index (κ2) is 9.84. The Labute approximate surface area is 206 Å². The average Bonchev–Trinajstić information content (AvgIpc) is 3.13. The van der Waals surface area contributed by atoms with Crippen molar-refractivity contribution in [2.45, 2.75) is 38.5 Å². The number of nitrogens with one attached hydrogen (secondary N) is 2. The minimum Gasteiger partial charge on any atom is -0.361 e. The molecule has 3 nitrogen and oxygen atoms in total. The van der Waals surface area contributed by atoms with Gasteiger partial charge in [0.25, 0.3) is 0 Å². The van der Waals surface area contributed by atoms with Crippen LogP contribution in [0.5, 0.6) is 0 Å². The maximum absolute atomic E-state index is 14.7. The van der Waals surface area contributed by atoms with Gasteiger partial charge >= 0.3 is 6.18 Å². The third-order valence-electron chi connectivity index (χ3n) is 6.02. The lowest BCUT2D eigenvalue weighted by atomic mass is 9.79. The van der Waals surface area contributed by atoms with Crippen molar-refractivity contribution in [2.24, 2.45) is 0 Å². The van der Waals surface area contributed by atoms with Gasteiger partial charge in [0.2, 0.25) is 0 Å². The second-order valence-electron chi connectivity index (χ2n) is 8.62. The predicted octanol–water partition coefficient (Wildman–Crippen LogP) is 7.11. The minimum atomic E-state index is -4.71. The highest BCUT2D eigenvalue weighted by molar-refractivity contribution is 6.30. The van der Waals surface area contributed by atoms with Crippen molar-refractivity contribution in [3.05, 3.63) is 123 Å². The zero-order valence-corrected chi connectivity index (χ0v) is 19.9. The number of benzene rings is 2. The third kappa shape index (κ3) is 5.57. The lowest BCUT2D eigenvalue weighted by molar-refractivity contribution is -0.137. The monoisotopic (exact) mass is 501 g/mol. The largest absolute Gasteiger partial charge is 0.416 e. The van der Waals surface area contributed by atoms with Crippen molar-refractivity contribution in [1.82, 2.24) is 15.3 Å². The van der Waals surface area contributed by atoms with Crippen molar-refractivity contribution >= 4 is 11.6 Å². The maximum Gasteiger partial charge on any atom is 0.416 e. The standard InChI is InChI=1S/C27H24ClF4N3/c1-17-10-18(2)35-24(17)16-34-26(14-19-6-4-3-5-7-19,25-9-8-22(28)15-33-25)20-11-21(27(30,31)32)13-23(29)12-20/h3-13,15,34-35H,14,16H2,1-2H3. The van der Waals surface area contributed by atoms with Crippen LogP contribution < -0.4 is 5.32 Å². The van der Waals surface area contributed by atoms with Crippen LogP contribution in [0.3, 0.4) is 0 Å². The fourth-order valence-electron chi connectivity index (χ4n) is 4.33. The number of aryl methyl sites for hydroxylation is 2. The molecular weight excluding hydrogens is 478 g/mol. The summed E-state index contributed by atoms with van der Waals surface area (Å²) in [4.78, 5) is 7.76. The van der Waals surface area contributed by atoms with Gasteiger partial charge in [-0.15, -0.1) is 0 Å². The first-order valence-corrected chi connectivity index (χ1v) is 11.4. The summed E-state index contributed by atoms with van der Waals surface area (Å²) in [5.74, 6) is -0.977. The Morgan fingerprint density at radius 3 is 2.26 bits per heavy atom. The summed E-state index contributed by atoms with van der Waals surface area (Å²) in [5.41, 5.74) is 1.86. The van der Waals surface area contributed by atoms with E-state index in [0.717, 1.165) is 34.6 Å². The predicted molar refractivity (Wildman–Crippen MR) is 129 cm³/mol. The van der Waals surface area contributed by atoms with Crippen LogP contribution in [0.4, 0.5) is 17.6 Å². The summed E-state index contributed by atoms with van der Waals surface area (Å²) in [7, 11) is 0. The van der Waals surface area contributed by atoms with Crippen molar-refractivity contribution < 1.29 is 17.6 Å². The van der Waals surface area contributed by atoms with Crippen LogP contribution in [-0.4, -0.2) is 9.97 Å². The Balaban J connectivity index is 1.94. The van der Waals surface area contributed by atoms with E-state index < -0.39 is 23.1 Å². The highest BCUT2D eigenvalue weighted by Crippen LogP contribution is 2.38. The molecule has 8 heteroatoms. The number of halogens is 5. The summed E-state index contributed by atoms with van der Waals surface area (Å²) in [5, 5.41) is 3.82. The van der Waals surface area contributed by atoms with E-state index in [1.165, 1.54) is 6.20 Å². The molecule has 0 fully saturated rings. The van der Waals surface area contributed by atoms with Crippen molar-refractivity contribution in [3.63, 3.8) is 0 Å². The highest BCUT2D eigenvalue weighted by atomic mass is 35.5. The number of alkyl halides is 3. The summed E-state index contributed by atoms with van der Waals surface area (Å²) in [6.45, 7) is 4.16. The molecule has 0 aliphatic rings. The van der Waals surface area contributed by atoms with Gasteiger partial charge in [-0.25, -0.2) is 4.39 Å². The lowest BCUT2D eigenvalue weighted by Gasteiger charge is -2.36. The molecule has 0 bridgehead atoms. The Morgan fingerprint density at radius 1 is 0.943 bits per heavy atom. The molecule has 0 saturated carbocycles. The van der Waals surface area contributed by atoms with E-state index in [1.54, 1.807) is 12.1 Å². The molecule has 2 aromatic heterocycles. The first kappa shape index (κ1) is 24.9. The number of aromatic amines is 1. The summed E-state index contributed by atoms with van der Waals surface area (Å²) in [6, 6.07) is 17.2. The quantitative estimate of drug-likeness (QED) is 0.265. The zero-order chi connectivity index (χ0) is 25.2. The smallest absolute Gasteiger partial charge is 0.361 e. The Morgan fingerprint density at radius 2 is 1.66 bits per heavy atom. The first-order chi connectivity index (χ1) is 16.6. The van der Waals surface area contributed by atoms with Gasteiger partial charge in [0.05, 0.1) is 21.8 Å². The van der Waals surface area contributed by atoms with Crippen LogP contribution in [0, 0.1) is 19.7 Å². The zero-order valence-electron chi connectivity index (χ0n) is 19.2. The molecule has 4 rings (SSSR count). The molecule has 35 heavy (non-hydrogen) atoms. The maximum atomic E-state index is 14.7. The number of hydrogen-bond acceptors (Lipinski definition) is 2. The average molecular weight is 502 g/mol. The van der Waals surface area contributed by atoms with Crippen LogP contribution in [0.15, 0.2) is 72.9 Å². The normalized spacial score (nSPS) is 13.6. The Hall–Kier alpha value is -3.16. The SMILES string of the molecule is Cc1cc(C)c(CNC(Cc2ccccc2)(c2cc(F)cc(C(F)(F)F)c2)c2ccc(Cl)cn2)[nH]1. The van der Waals surface area contributed by atoms with Crippen LogP contribution in [-0.2, 0) is 24.7 Å². The molecule has 0 radical (unpaired) electrons. The molecule has 2 heterocycles. The fraction of sp³-hybridized carbons (Fsp3) is 0.222. The number of H-pyrrole nitrogens is 1. The highest BCUT2D eigenvalue weighted by Gasteiger charge is 2.39. The molecule has 0 spiro atoms. The molecule has 1 unspecified atom stereocenters. The molecule has 2 aromatic carbocycles. The van der Waals surface area contributed by atoms with Crippen LogP contribution in [0.1, 0.15) is 39.3 Å². The molecule has 2 N–H and O–H groups in total. The summed E-state index contributed by atoms with van der Waals surface area (Å²) < 4.78 is 55.8. The minimum absolute atomic E-state index is 0.115. The van der Waals surface area contributed by atoms with Gasteiger partial charge < -0.3 is 4.98 Å². The van der Waals surface area contributed by atoms with Gasteiger partial charge in [-0.2, -0.15) is 13.2 Å². The fourth-order valence-corrected chi connectivity index (χ4v) is 4.44. The van der Waals surface area contributed by atoms with E-state index in [4.69, 9.17) is 11.6 Å². The number of hydrogen-bond donors (Lipinski definition) is 2. The van der Waals surface area contributed by atoms with E-state index in [-0.39, 0.29) is 18.5 Å². The van der Waals surface area contributed by atoms with Gasteiger partial charge in [-0.3, -0.25) is 10.3 Å². The van der Waals surface area contributed by atoms with Crippen LogP contribution >= 0.6 is 11.6 Å². The van der Waals surface area contributed by atoms with E-state index in [0.29, 0.717) is 16.8 Å². The topological polar surface area (TPSA) is 40.7 Å². The van der Waals surface area contributed by atoms with Crippen molar-refractivity contribution in [2.75, 3.05) is 0 Å². The van der Waals surface area contributed by atoms with Gasteiger partial charge in [-0.05, 0) is 66.9 Å². The molecule has 1 atom stereocenters. The Bertz CT molecular complexity index is 1300. The van der Waals surface area contributed by atoms with Crippen LogP contribution in [0.25, 0.3) is 0 Å². The summed E-state index contributed by atoms with van der Waals surface area (Å²) in [6.07, 6.45) is -3.05. The van der Waals surface area contributed by atoms with Crippen LogP contribution in [0.2, 0.25) is 5.02 Å². The van der Waals surface area contributed by atoms with Crippen molar-refractivity contribution in [3.8, 4) is 0 Å². The molecule has 0 saturated heterocycles. The van der Waals surface area contributed by atoms with Gasteiger partial charge in [-0.1, -0.05) is 41.9 Å². The molecule has 0 aliphatic carbocycles. The number of pyridine rings is 1. The van der Waals surface area contributed by atoms with E-state index in [9.17, 15) is 17.6 Å². The molecule has 0 aliphatic heterocycles. The third-order valence-corrected chi connectivity index (χ3v) is 6.24. The lowest BCUT2D eigenvalue weighted by Crippen LogP contribution is -2.46. The second-order valence-corrected chi connectivity index (χ2v) is 9.06. The van der Waals surface area contributed by atoms with Crippen molar-refractivity contribution in [1.29, 1.82) is 0 Å². The number of aromatic nitrogens is 2. The van der Waals surface area contributed by atoms with Gasteiger partial charge in [0.15, 0.2) is 0 Å². The molecular formula is C27H24ClF4N3. The van der Waals surface area contributed by atoms with E-state index in [2.05, 4.69) is 15.3 Å². The number of nitrogens with zero attached hydrogens (tertiary/aromatic N) is 1. The van der Waals surface area contributed by atoms with E-state index >= 15 is 0 Å². The molecule has 182 valence electrons. The van der Waals surface area contributed by atoms with Gasteiger partial charge in [0, 0.05) is 30.6 Å². The molecule has 0 amide bonds.